The quantitative estimate of drug-likeness (QED) is 0.623. The van der Waals surface area contributed by atoms with Gasteiger partial charge in [-0.15, -0.1) is 0 Å². The van der Waals surface area contributed by atoms with Crippen LogP contribution < -0.4 is 10.6 Å². The Labute approximate surface area is 86.3 Å². The Morgan fingerprint density at radius 3 is 2.71 bits per heavy atom. The lowest BCUT2D eigenvalue weighted by molar-refractivity contribution is 0.114. The van der Waals surface area contributed by atoms with Gasteiger partial charge in [0, 0.05) is 11.6 Å². The van der Waals surface area contributed by atoms with Gasteiger partial charge in [0.05, 0.1) is 6.61 Å². The molecule has 3 heteroatoms. The van der Waals surface area contributed by atoms with Gasteiger partial charge in [0.25, 0.3) is 0 Å². The minimum absolute atomic E-state index is 0.0280. The molecule has 0 saturated carbocycles. The molecule has 0 aliphatic carbocycles. The molecule has 2 unspecified atom stereocenters. The predicted molar refractivity (Wildman–Crippen MR) is 57.3 cm³/mol. The van der Waals surface area contributed by atoms with Gasteiger partial charge >= 0.3 is 0 Å². The fraction of sp³-hybridized carbons (Fsp3) is 1.00. The third kappa shape index (κ3) is 2.27. The van der Waals surface area contributed by atoms with Crippen molar-refractivity contribution in [1.82, 2.24) is 10.6 Å². The second kappa shape index (κ2) is 4.60. The van der Waals surface area contributed by atoms with Gasteiger partial charge in [-0.25, -0.2) is 0 Å². The van der Waals surface area contributed by atoms with Crippen molar-refractivity contribution in [3.8, 4) is 0 Å². The van der Waals surface area contributed by atoms with E-state index in [1.54, 1.807) is 0 Å². The van der Waals surface area contributed by atoms with E-state index in [0.717, 1.165) is 25.9 Å². The molecule has 0 amide bonds. The molecule has 2 heterocycles. The van der Waals surface area contributed by atoms with Crippen LogP contribution in [0.25, 0.3) is 0 Å². The van der Waals surface area contributed by atoms with Gasteiger partial charge in [-0.2, -0.15) is 0 Å². The SMILES string of the molecule is OCC1(CC2CCCN2)CCCCN1. The predicted octanol–water partition coefficient (Wildman–Crippen LogP) is 0.633. The Hall–Kier alpha value is -0.120. The Balaban J connectivity index is 1.89. The number of rotatable bonds is 3. The van der Waals surface area contributed by atoms with E-state index in [2.05, 4.69) is 10.6 Å². The second-order valence-electron chi connectivity index (χ2n) is 4.82. The molecule has 3 nitrogen and oxygen atoms in total. The monoisotopic (exact) mass is 198 g/mol. The fourth-order valence-electron chi connectivity index (χ4n) is 2.81. The van der Waals surface area contributed by atoms with E-state index in [-0.39, 0.29) is 5.54 Å². The average molecular weight is 198 g/mol. The lowest BCUT2D eigenvalue weighted by Gasteiger charge is -2.38. The van der Waals surface area contributed by atoms with Crippen LogP contribution >= 0.6 is 0 Å². The number of hydrogen-bond donors (Lipinski definition) is 3. The van der Waals surface area contributed by atoms with Crippen molar-refractivity contribution in [2.24, 2.45) is 0 Å². The van der Waals surface area contributed by atoms with E-state index in [1.165, 1.54) is 25.7 Å². The van der Waals surface area contributed by atoms with E-state index < -0.39 is 0 Å². The minimum Gasteiger partial charge on any atom is -0.394 e. The summed E-state index contributed by atoms with van der Waals surface area (Å²) in [5.74, 6) is 0. The molecule has 2 atom stereocenters. The molecule has 2 rings (SSSR count). The van der Waals surface area contributed by atoms with E-state index in [0.29, 0.717) is 12.6 Å². The molecular weight excluding hydrogens is 176 g/mol. The third-order valence-electron chi connectivity index (χ3n) is 3.68. The molecule has 0 aromatic heterocycles. The molecule has 0 aromatic rings. The third-order valence-corrected chi connectivity index (χ3v) is 3.68. The van der Waals surface area contributed by atoms with Gasteiger partial charge in [-0.05, 0) is 45.2 Å². The van der Waals surface area contributed by atoms with Crippen molar-refractivity contribution in [1.29, 1.82) is 0 Å². The van der Waals surface area contributed by atoms with Crippen LogP contribution in [0.15, 0.2) is 0 Å². The normalized spacial score (nSPS) is 38.8. The summed E-state index contributed by atoms with van der Waals surface area (Å²) in [7, 11) is 0. The van der Waals surface area contributed by atoms with Gasteiger partial charge in [0.2, 0.25) is 0 Å². The van der Waals surface area contributed by atoms with Gasteiger partial charge in [-0.1, -0.05) is 6.42 Å². The summed E-state index contributed by atoms with van der Waals surface area (Å²) in [5.41, 5.74) is 0.0280. The highest BCUT2D eigenvalue weighted by Crippen LogP contribution is 2.26. The summed E-state index contributed by atoms with van der Waals surface area (Å²) in [4.78, 5) is 0. The zero-order valence-electron chi connectivity index (χ0n) is 8.89. The van der Waals surface area contributed by atoms with Crippen LogP contribution in [0.5, 0.6) is 0 Å². The van der Waals surface area contributed by atoms with Crippen molar-refractivity contribution in [3.05, 3.63) is 0 Å². The summed E-state index contributed by atoms with van der Waals surface area (Å²) in [6.07, 6.45) is 7.35. The van der Waals surface area contributed by atoms with Crippen LogP contribution in [0.1, 0.15) is 38.5 Å². The number of aliphatic hydroxyl groups is 1. The van der Waals surface area contributed by atoms with Crippen molar-refractivity contribution < 1.29 is 5.11 Å². The van der Waals surface area contributed by atoms with Gasteiger partial charge in [0.1, 0.15) is 0 Å². The van der Waals surface area contributed by atoms with Crippen molar-refractivity contribution in [2.45, 2.75) is 50.1 Å². The molecule has 0 bridgehead atoms. The van der Waals surface area contributed by atoms with Crippen molar-refractivity contribution in [2.75, 3.05) is 19.7 Å². The molecule has 2 fully saturated rings. The lowest BCUT2D eigenvalue weighted by atomic mass is 9.83. The highest BCUT2D eigenvalue weighted by molar-refractivity contribution is 4.95. The van der Waals surface area contributed by atoms with Crippen LogP contribution in [0, 0.1) is 0 Å². The van der Waals surface area contributed by atoms with Crippen LogP contribution in [0.3, 0.4) is 0 Å². The Morgan fingerprint density at radius 2 is 2.14 bits per heavy atom. The molecule has 2 saturated heterocycles. The van der Waals surface area contributed by atoms with Crippen LogP contribution in [-0.2, 0) is 0 Å². The highest BCUT2D eigenvalue weighted by Gasteiger charge is 2.34. The lowest BCUT2D eigenvalue weighted by Crippen LogP contribution is -2.54. The Bertz CT molecular complexity index is 172. The van der Waals surface area contributed by atoms with E-state index in [4.69, 9.17) is 0 Å². The minimum atomic E-state index is 0.0280. The molecule has 14 heavy (non-hydrogen) atoms. The number of piperidine rings is 1. The first-order valence-electron chi connectivity index (χ1n) is 5.94. The highest BCUT2D eigenvalue weighted by atomic mass is 16.3. The van der Waals surface area contributed by atoms with Gasteiger partial charge in [-0.3, -0.25) is 0 Å². The average Bonchev–Trinajstić information content (AvgIpc) is 2.72. The zero-order valence-corrected chi connectivity index (χ0v) is 8.89. The van der Waals surface area contributed by atoms with Crippen molar-refractivity contribution in [3.63, 3.8) is 0 Å². The number of aliphatic hydroxyl groups excluding tert-OH is 1. The standard InChI is InChI=1S/C11H22N2O/c14-9-11(5-1-2-7-13-11)8-10-4-3-6-12-10/h10,12-14H,1-9H2. The van der Waals surface area contributed by atoms with Gasteiger partial charge in [0.15, 0.2) is 0 Å². The molecule has 82 valence electrons. The summed E-state index contributed by atoms with van der Waals surface area (Å²) < 4.78 is 0. The molecule has 2 aliphatic rings. The zero-order chi connectivity index (χ0) is 9.86. The molecular formula is C11H22N2O. The van der Waals surface area contributed by atoms with E-state index in [1.807, 2.05) is 0 Å². The largest absolute Gasteiger partial charge is 0.394 e. The first-order chi connectivity index (χ1) is 6.85. The summed E-state index contributed by atoms with van der Waals surface area (Å²) >= 11 is 0. The Morgan fingerprint density at radius 1 is 1.21 bits per heavy atom. The van der Waals surface area contributed by atoms with Crippen LogP contribution in [0.4, 0.5) is 0 Å². The summed E-state index contributed by atoms with van der Waals surface area (Å²) in [6, 6.07) is 0.632. The maximum Gasteiger partial charge on any atom is 0.0613 e. The topological polar surface area (TPSA) is 44.3 Å². The maximum atomic E-state index is 9.51. The second-order valence-corrected chi connectivity index (χ2v) is 4.82. The summed E-state index contributed by atoms with van der Waals surface area (Å²) in [5, 5.41) is 16.5. The van der Waals surface area contributed by atoms with Gasteiger partial charge < -0.3 is 15.7 Å². The van der Waals surface area contributed by atoms with E-state index >= 15 is 0 Å². The number of nitrogens with one attached hydrogen (secondary N) is 2. The molecule has 3 N–H and O–H groups in total. The Kier molecular flexibility index (Phi) is 3.42. The molecule has 0 spiro atoms. The first-order valence-corrected chi connectivity index (χ1v) is 5.94. The van der Waals surface area contributed by atoms with Crippen LogP contribution in [-0.4, -0.2) is 36.4 Å². The van der Waals surface area contributed by atoms with Crippen molar-refractivity contribution >= 4 is 0 Å². The molecule has 2 aliphatic heterocycles. The first kappa shape index (κ1) is 10.4. The maximum absolute atomic E-state index is 9.51. The molecule has 0 aromatic carbocycles. The van der Waals surface area contributed by atoms with E-state index in [9.17, 15) is 5.11 Å². The fourth-order valence-corrected chi connectivity index (χ4v) is 2.81. The number of hydrogen-bond acceptors (Lipinski definition) is 3. The summed E-state index contributed by atoms with van der Waals surface area (Å²) in [6.45, 7) is 2.53. The smallest absolute Gasteiger partial charge is 0.0613 e. The molecule has 0 radical (unpaired) electrons. The van der Waals surface area contributed by atoms with Crippen LogP contribution in [0.2, 0.25) is 0 Å².